The molecule has 0 aliphatic heterocycles. The SMILES string of the molecule is Cc1cccc(/C=N/NC(=O)COc2ccc(C(C)(C)C)cc2)c1O. The number of phenols is 1. The zero-order valence-electron chi connectivity index (χ0n) is 15.0. The molecule has 2 aromatic rings. The van der Waals surface area contributed by atoms with Crippen molar-refractivity contribution in [1.29, 1.82) is 0 Å². The van der Waals surface area contributed by atoms with Gasteiger partial charge in [-0.15, -0.1) is 0 Å². The van der Waals surface area contributed by atoms with Gasteiger partial charge >= 0.3 is 0 Å². The Morgan fingerprint density at radius 2 is 1.88 bits per heavy atom. The highest BCUT2D eigenvalue weighted by atomic mass is 16.5. The van der Waals surface area contributed by atoms with Crippen LogP contribution in [0.3, 0.4) is 0 Å². The molecule has 2 rings (SSSR count). The Balaban J connectivity index is 1.84. The summed E-state index contributed by atoms with van der Waals surface area (Å²) in [5.41, 5.74) is 4.94. The molecule has 0 heterocycles. The Morgan fingerprint density at radius 3 is 2.52 bits per heavy atom. The van der Waals surface area contributed by atoms with Gasteiger partial charge in [0.1, 0.15) is 11.5 Å². The monoisotopic (exact) mass is 340 g/mol. The van der Waals surface area contributed by atoms with E-state index in [0.717, 1.165) is 5.56 Å². The van der Waals surface area contributed by atoms with Gasteiger partial charge in [-0.3, -0.25) is 4.79 Å². The second-order valence-electron chi connectivity index (χ2n) is 6.87. The number of carbonyl (C=O) groups excluding carboxylic acids is 1. The third-order valence-electron chi connectivity index (χ3n) is 3.75. The quantitative estimate of drug-likeness (QED) is 0.646. The fourth-order valence-electron chi connectivity index (χ4n) is 2.19. The molecule has 0 spiro atoms. The van der Waals surface area contributed by atoms with E-state index in [-0.39, 0.29) is 23.7 Å². The van der Waals surface area contributed by atoms with E-state index in [4.69, 9.17) is 4.74 Å². The molecule has 0 aliphatic carbocycles. The standard InChI is InChI=1S/C20H24N2O3/c1-14-6-5-7-15(19(14)24)12-21-22-18(23)13-25-17-10-8-16(9-11-17)20(2,3)4/h5-12,24H,13H2,1-4H3,(H,22,23)/b21-12+. The maximum absolute atomic E-state index is 11.8. The highest BCUT2D eigenvalue weighted by molar-refractivity contribution is 5.85. The molecule has 0 saturated heterocycles. The number of nitrogens with one attached hydrogen (secondary N) is 1. The smallest absolute Gasteiger partial charge is 0.277 e. The van der Waals surface area contributed by atoms with Gasteiger partial charge in [0.15, 0.2) is 6.61 Å². The molecule has 0 bridgehead atoms. The minimum Gasteiger partial charge on any atom is -0.507 e. The van der Waals surface area contributed by atoms with Crippen molar-refractivity contribution in [3.05, 3.63) is 59.2 Å². The number of aromatic hydroxyl groups is 1. The fourth-order valence-corrected chi connectivity index (χ4v) is 2.19. The number of hydrogen-bond acceptors (Lipinski definition) is 4. The molecule has 2 N–H and O–H groups in total. The van der Waals surface area contributed by atoms with Gasteiger partial charge in [-0.1, -0.05) is 45.0 Å². The Hall–Kier alpha value is -2.82. The largest absolute Gasteiger partial charge is 0.507 e. The average molecular weight is 340 g/mol. The first kappa shape index (κ1) is 18.5. The third kappa shape index (κ3) is 5.35. The molecule has 2 aromatic carbocycles. The predicted molar refractivity (Wildman–Crippen MR) is 99.2 cm³/mol. The van der Waals surface area contributed by atoms with Crippen LogP contribution in [0.15, 0.2) is 47.6 Å². The summed E-state index contributed by atoms with van der Waals surface area (Å²) in [6.07, 6.45) is 1.40. The molecule has 25 heavy (non-hydrogen) atoms. The van der Waals surface area contributed by atoms with E-state index < -0.39 is 0 Å². The molecule has 5 heteroatoms. The normalized spacial score (nSPS) is 11.5. The van der Waals surface area contributed by atoms with Crippen molar-refractivity contribution in [3.63, 3.8) is 0 Å². The Labute approximate surface area is 148 Å². The number of amides is 1. The summed E-state index contributed by atoms with van der Waals surface area (Å²) in [6, 6.07) is 13.0. The van der Waals surface area contributed by atoms with E-state index in [0.29, 0.717) is 11.3 Å². The number of rotatable bonds is 5. The van der Waals surface area contributed by atoms with Gasteiger partial charge in [-0.2, -0.15) is 5.10 Å². The van der Waals surface area contributed by atoms with Gasteiger partial charge in [0, 0.05) is 5.56 Å². The molecule has 0 saturated carbocycles. The van der Waals surface area contributed by atoms with E-state index in [1.54, 1.807) is 19.1 Å². The van der Waals surface area contributed by atoms with E-state index in [9.17, 15) is 9.90 Å². The lowest BCUT2D eigenvalue weighted by atomic mass is 9.87. The summed E-state index contributed by atoms with van der Waals surface area (Å²) in [5, 5.41) is 13.7. The van der Waals surface area contributed by atoms with Crippen LogP contribution in [-0.4, -0.2) is 23.8 Å². The molecule has 1 amide bonds. The highest BCUT2D eigenvalue weighted by Crippen LogP contribution is 2.24. The summed E-state index contributed by atoms with van der Waals surface area (Å²) in [4.78, 5) is 11.8. The van der Waals surface area contributed by atoms with Crippen LogP contribution in [0, 0.1) is 6.92 Å². The van der Waals surface area contributed by atoms with E-state index >= 15 is 0 Å². The first-order valence-corrected chi connectivity index (χ1v) is 8.11. The van der Waals surface area contributed by atoms with Crippen LogP contribution in [0.4, 0.5) is 0 Å². The molecule has 0 atom stereocenters. The number of para-hydroxylation sites is 1. The van der Waals surface area contributed by atoms with Crippen LogP contribution < -0.4 is 10.2 Å². The van der Waals surface area contributed by atoms with Crippen molar-refractivity contribution < 1.29 is 14.6 Å². The van der Waals surface area contributed by atoms with E-state index in [1.165, 1.54) is 11.8 Å². The lowest BCUT2D eigenvalue weighted by Crippen LogP contribution is -2.24. The van der Waals surface area contributed by atoms with Crippen molar-refractivity contribution in [2.45, 2.75) is 33.1 Å². The number of aryl methyl sites for hydroxylation is 1. The molecule has 0 fully saturated rings. The number of ether oxygens (including phenoxy) is 1. The lowest BCUT2D eigenvalue weighted by Gasteiger charge is -2.19. The molecule has 0 unspecified atom stereocenters. The third-order valence-corrected chi connectivity index (χ3v) is 3.75. The average Bonchev–Trinajstić information content (AvgIpc) is 2.56. The van der Waals surface area contributed by atoms with Gasteiger partial charge in [0.25, 0.3) is 5.91 Å². The van der Waals surface area contributed by atoms with Gasteiger partial charge in [-0.05, 0) is 41.7 Å². The summed E-state index contributed by atoms with van der Waals surface area (Å²) >= 11 is 0. The Bertz CT molecular complexity index is 760. The maximum Gasteiger partial charge on any atom is 0.277 e. The van der Waals surface area contributed by atoms with Crippen LogP contribution in [-0.2, 0) is 10.2 Å². The van der Waals surface area contributed by atoms with Gasteiger partial charge in [0.05, 0.1) is 6.21 Å². The van der Waals surface area contributed by atoms with Crippen molar-refractivity contribution >= 4 is 12.1 Å². The predicted octanol–water partition coefficient (Wildman–Crippen LogP) is 3.53. The first-order valence-electron chi connectivity index (χ1n) is 8.11. The fraction of sp³-hybridized carbons (Fsp3) is 0.300. The number of hydrogen-bond donors (Lipinski definition) is 2. The summed E-state index contributed by atoms with van der Waals surface area (Å²) in [6.45, 7) is 8.08. The van der Waals surface area contributed by atoms with Crippen molar-refractivity contribution in [2.24, 2.45) is 5.10 Å². The molecule has 0 aromatic heterocycles. The zero-order valence-corrected chi connectivity index (χ0v) is 15.0. The molecule has 0 radical (unpaired) electrons. The lowest BCUT2D eigenvalue weighted by molar-refractivity contribution is -0.123. The minimum absolute atomic E-state index is 0.0754. The minimum atomic E-state index is -0.372. The highest BCUT2D eigenvalue weighted by Gasteiger charge is 2.13. The van der Waals surface area contributed by atoms with Crippen molar-refractivity contribution in [1.82, 2.24) is 5.43 Å². The summed E-state index contributed by atoms with van der Waals surface area (Å²) in [5.74, 6) is 0.405. The molecular formula is C20H24N2O3. The Morgan fingerprint density at radius 1 is 1.20 bits per heavy atom. The number of phenolic OH excluding ortho intramolecular Hbond substituents is 1. The maximum atomic E-state index is 11.8. The van der Waals surface area contributed by atoms with Gasteiger partial charge < -0.3 is 9.84 Å². The van der Waals surface area contributed by atoms with Crippen molar-refractivity contribution in [3.8, 4) is 11.5 Å². The van der Waals surface area contributed by atoms with E-state index in [2.05, 4.69) is 31.3 Å². The molecule has 0 aliphatic rings. The van der Waals surface area contributed by atoms with Crippen LogP contribution in [0.2, 0.25) is 0 Å². The number of nitrogens with zero attached hydrogens (tertiary/aromatic N) is 1. The molecular weight excluding hydrogens is 316 g/mol. The molecule has 5 nitrogen and oxygen atoms in total. The van der Waals surface area contributed by atoms with Gasteiger partial charge in [0.2, 0.25) is 0 Å². The Kier molecular flexibility index (Phi) is 5.80. The van der Waals surface area contributed by atoms with Crippen LogP contribution in [0.25, 0.3) is 0 Å². The van der Waals surface area contributed by atoms with Crippen LogP contribution in [0.1, 0.15) is 37.5 Å². The first-order chi connectivity index (χ1) is 11.8. The number of hydrazone groups is 1. The zero-order chi connectivity index (χ0) is 18.4. The van der Waals surface area contributed by atoms with Crippen LogP contribution >= 0.6 is 0 Å². The molecule has 132 valence electrons. The second kappa shape index (κ2) is 7.83. The van der Waals surface area contributed by atoms with Crippen molar-refractivity contribution in [2.75, 3.05) is 6.61 Å². The summed E-state index contributed by atoms with van der Waals surface area (Å²) < 4.78 is 5.45. The van der Waals surface area contributed by atoms with Crippen LogP contribution in [0.5, 0.6) is 11.5 Å². The van der Waals surface area contributed by atoms with Gasteiger partial charge in [-0.25, -0.2) is 5.43 Å². The van der Waals surface area contributed by atoms with E-state index in [1.807, 2.05) is 30.3 Å². The number of benzene rings is 2. The second-order valence-corrected chi connectivity index (χ2v) is 6.87. The number of carbonyl (C=O) groups is 1. The summed E-state index contributed by atoms with van der Waals surface area (Å²) in [7, 11) is 0. The topological polar surface area (TPSA) is 70.9 Å².